The Hall–Kier alpha value is -2.22. The van der Waals surface area contributed by atoms with E-state index >= 15 is 0 Å². The van der Waals surface area contributed by atoms with Crippen LogP contribution in [0, 0.1) is 10.1 Å². The molecule has 4 rings (SSSR count). The van der Waals surface area contributed by atoms with E-state index in [1.165, 1.54) is 25.1 Å². The number of pyridine rings is 1. The predicted octanol–water partition coefficient (Wildman–Crippen LogP) is 2.95. The highest BCUT2D eigenvalue weighted by atomic mass is 35.5. The summed E-state index contributed by atoms with van der Waals surface area (Å²) in [4.78, 5) is 16.7. The molecule has 0 amide bonds. The van der Waals surface area contributed by atoms with Gasteiger partial charge in [0, 0.05) is 31.1 Å². The maximum Gasteiger partial charge on any atom is 0.289 e. The minimum absolute atomic E-state index is 0.0919. The fourth-order valence-electron chi connectivity index (χ4n) is 3.31. The molecule has 1 aliphatic heterocycles. The van der Waals surface area contributed by atoms with Gasteiger partial charge in [0.05, 0.1) is 9.95 Å². The second-order valence-corrected chi connectivity index (χ2v) is 6.78. The van der Waals surface area contributed by atoms with Crippen molar-refractivity contribution in [2.75, 3.05) is 18.0 Å². The molecule has 8 nitrogen and oxygen atoms in total. The summed E-state index contributed by atoms with van der Waals surface area (Å²) in [5, 5.41) is 19.6. The van der Waals surface area contributed by atoms with Crippen molar-refractivity contribution < 1.29 is 4.92 Å². The third kappa shape index (κ3) is 2.82. The van der Waals surface area contributed by atoms with Gasteiger partial charge < -0.3 is 9.47 Å². The minimum atomic E-state index is -0.486. The van der Waals surface area contributed by atoms with Crippen molar-refractivity contribution in [2.45, 2.75) is 37.6 Å². The summed E-state index contributed by atoms with van der Waals surface area (Å²) in [7, 11) is 0. The Morgan fingerprint density at radius 2 is 2.17 bits per heavy atom. The van der Waals surface area contributed by atoms with Crippen molar-refractivity contribution in [3.05, 3.63) is 39.6 Å². The standard InChI is InChI=1S/C15H17ClN6O2/c16-13-6-12(22(23)24)7-17-15(13)20-5-1-2-10(8-20)14-19-18-9-21(14)11-3-4-11/h6-7,9-11H,1-5,8H2. The number of anilines is 1. The number of nitrogens with zero attached hydrogens (tertiary/aromatic N) is 6. The van der Waals surface area contributed by atoms with Crippen LogP contribution in [0.25, 0.3) is 0 Å². The fourth-order valence-corrected chi connectivity index (χ4v) is 3.59. The topological polar surface area (TPSA) is 90.0 Å². The second-order valence-electron chi connectivity index (χ2n) is 6.37. The lowest BCUT2D eigenvalue weighted by Gasteiger charge is -2.33. The van der Waals surface area contributed by atoms with Crippen LogP contribution in [0.15, 0.2) is 18.6 Å². The molecular formula is C15H17ClN6O2. The first-order valence-corrected chi connectivity index (χ1v) is 8.45. The summed E-state index contributed by atoms with van der Waals surface area (Å²) in [6.45, 7) is 1.58. The first-order valence-electron chi connectivity index (χ1n) is 8.08. The Labute approximate surface area is 143 Å². The largest absolute Gasteiger partial charge is 0.355 e. The van der Waals surface area contributed by atoms with Crippen molar-refractivity contribution in [1.82, 2.24) is 19.7 Å². The van der Waals surface area contributed by atoms with Crippen LogP contribution >= 0.6 is 11.6 Å². The predicted molar refractivity (Wildman–Crippen MR) is 88.4 cm³/mol. The molecule has 2 aromatic rings. The zero-order valence-electron chi connectivity index (χ0n) is 13.0. The highest BCUT2D eigenvalue weighted by molar-refractivity contribution is 6.33. The van der Waals surface area contributed by atoms with Crippen LogP contribution in [-0.4, -0.2) is 37.8 Å². The number of halogens is 1. The molecule has 2 aromatic heterocycles. The van der Waals surface area contributed by atoms with Crippen LogP contribution in [0.3, 0.4) is 0 Å². The summed E-state index contributed by atoms with van der Waals surface area (Å²) in [6.07, 6.45) is 7.51. The molecule has 1 saturated heterocycles. The average molecular weight is 349 g/mol. The third-order valence-electron chi connectivity index (χ3n) is 4.65. The molecule has 1 unspecified atom stereocenters. The summed E-state index contributed by atoms with van der Waals surface area (Å²) in [6, 6.07) is 1.91. The molecule has 9 heteroatoms. The fraction of sp³-hybridized carbons (Fsp3) is 0.533. The molecule has 1 saturated carbocycles. The number of nitro groups is 1. The molecule has 2 aliphatic rings. The second kappa shape index (κ2) is 6.01. The molecule has 0 aromatic carbocycles. The van der Waals surface area contributed by atoms with E-state index in [0.717, 1.165) is 31.8 Å². The monoisotopic (exact) mass is 348 g/mol. The van der Waals surface area contributed by atoms with E-state index in [9.17, 15) is 10.1 Å². The molecule has 0 spiro atoms. The lowest BCUT2D eigenvalue weighted by atomic mass is 9.97. The van der Waals surface area contributed by atoms with Gasteiger partial charge in [-0.15, -0.1) is 10.2 Å². The van der Waals surface area contributed by atoms with Gasteiger partial charge in [0.15, 0.2) is 0 Å². The van der Waals surface area contributed by atoms with Gasteiger partial charge in [-0.05, 0) is 25.7 Å². The normalized spacial score (nSPS) is 21.0. The molecule has 0 bridgehead atoms. The van der Waals surface area contributed by atoms with Crippen LogP contribution in [-0.2, 0) is 0 Å². The molecule has 0 radical (unpaired) electrons. The minimum Gasteiger partial charge on any atom is -0.355 e. The number of rotatable bonds is 4. The van der Waals surface area contributed by atoms with Crippen LogP contribution in [0.5, 0.6) is 0 Å². The number of hydrogen-bond donors (Lipinski definition) is 0. The average Bonchev–Trinajstić information content (AvgIpc) is 3.31. The van der Waals surface area contributed by atoms with Crippen molar-refractivity contribution >= 4 is 23.1 Å². The molecular weight excluding hydrogens is 332 g/mol. The van der Waals surface area contributed by atoms with E-state index in [-0.39, 0.29) is 11.6 Å². The van der Waals surface area contributed by atoms with Crippen LogP contribution in [0.4, 0.5) is 11.5 Å². The van der Waals surface area contributed by atoms with Crippen molar-refractivity contribution in [3.8, 4) is 0 Å². The lowest BCUT2D eigenvalue weighted by molar-refractivity contribution is -0.385. The maximum absolute atomic E-state index is 10.8. The summed E-state index contributed by atoms with van der Waals surface area (Å²) in [5.41, 5.74) is -0.0919. The molecule has 24 heavy (non-hydrogen) atoms. The molecule has 1 aliphatic carbocycles. The van der Waals surface area contributed by atoms with E-state index in [0.29, 0.717) is 16.9 Å². The molecule has 1 atom stereocenters. The van der Waals surface area contributed by atoms with Gasteiger partial charge in [-0.25, -0.2) is 4.98 Å². The van der Waals surface area contributed by atoms with Gasteiger partial charge in [0.2, 0.25) is 0 Å². The van der Waals surface area contributed by atoms with E-state index in [1.807, 2.05) is 6.33 Å². The maximum atomic E-state index is 10.8. The Balaban J connectivity index is 1.56. The Morgan fingerprint density at radius 3 is 2.88 bits per heavy atom. The molecule has 126 valence electrons. The Kier molecular flexibility index (Phi) is 3.84. The zero-order chi connectivity index (χ0) is 16.7. The first kappa shape index (κ1) is 15.3. The van der Waals surface area contributed by atoms with Gasteiger partial charge in [-0.3, -0.25) is 10.1 Å². The first-order chi connectivity index (χ1) is 11.6. The summed E-state index contributed by atoms with van der Waals surface area (Å²) < 4.78 is 2.19. The number of aromatic nitrogens is 4. The van der Waals surface area contributed by atoms with Crippen molar-refractivity contribution in [1.29, 1.82) is 0 Å². The summed E-state index contributed by atoms with van der Waals surface area (Å²) >= 11 is 6.23. The van der Waals surface area contributed by atoms with Gasteiger partial charge in [0.1, 0.15) is 24.2 Å². The van der Waals surface area contributed by atoms with E-state index in [2.05, 4.69) is 24.6 Å². The van der Waals surface area contributed by atoms with Crippen LogP contribution < -0.4 is 4.90 Å². The molecule has 3 heterocycles. The van der Waals surface area contributed by atoms with Crippen LogP contribution in [0.1, 0.15) is 43.5 Å². The number of piperidine rings is 1. The quantitative estimate of drug-likeness (QED) is 0.623. The smallest absolute Gasteiger partial charge is 0.289 e. The molecule has 0 N–H and O–H groups in total. The SMILES string of the molecule is O=[N+]([O-])c1cnc(N2CCCC(c3nncn3C3CC3)C2)c(Cl)c1. The highest BCUT2D eigenvalue weighted by Crippen LogP contribution is 2.39. The van der Waals surface area contributed by atoms with Crippen molar-refractivity contribution in [2.24, 2.45) is 0 Å². The lowest BCUT2D eigenvalue weighted by Crippen LogP contribution is -2.36. The molecule has 2 fully saturated rings. The Morgan fingerprint density at radius 1 is 1.33 bits per heavy atom. The zero-order valence-corrected chi connectivity index (χ0v) is 13.8. The summed E-state index contributed by atoms with van der Waals surface area (Å²) in [5.74, 6) is 1.90. The van der Waals surface area contributed by atoms with Gasteiger partial charge >= 0.3 is 0 Å². The van der Waals surface area contributed by atoms with Crippen molar-refractivity contribution in [3.63, 3.8) is 0 Å². The third-order valence-corrected chi connectivity index (χ3v) is 4.92. The van der Waals surface area contributed by atoms with E-state index in [4.69, 9.17) is 11.6 Å². The van der Waals surface area contributed by atoms with E-state index in [1.54, 1.807) is 0 Å². The van der Waals surface area contributed by atoms with Crippen LogP contribution in [0.2, 0.25) is 5.02 Å². The highest BCUT2D eigenvalue weighted by Gasteiger charge is 2.32. The van der Waals surface area contributed by atoms with Gasteiger partial charge in [0.25, 0.3) is 5.69 Å². The van der Waals surface area contributed by atoms with Gasteiger partial charge in [-0.1, -0.05) is 11.6 Å². The number of hydrogen-bond acceptors (Lipinski definition) is 6. The van der Waals surface area contributed by atoms with E-state index < -0.39 is 4.92 Å². The van der Waals surface area contributed by atoms with Gasteiger partial charge in [-0.2, -0.15) is 0 Å². The Bertz CT molecular complexity index is 775.